The van der Waals surface area contributed by atoms with Crippen molar-refractivity contribution in [1.82, 2.24) is 5.32 Å². The summed E-state index contributed by atoms with van der Waals surface area (Å²) < 4.78 is 5.16. The van der Waals surface area contributed by atoms with Gasteiger partial charge in [0, 0.05) is 6.54 Å². The van der Waals surface area contributed by atoms with Crippen molar-refractivity contribution in [2.75, 3.05) is 7.11 Å². The third-order valence-electron chi connectivity index (χ3n) is 3.17. The molecule has 1 aromatic carbocycles. The van der Waals surface area contributed by atoms with Crippen LogP contribution in [-0.2, 0) is 11.3 Å². The lowest BCUT2D eigenvalue weighted by Gasteiger charge is -2.21. The number of carbonyl (C=O) groups is 1. The Morgan fingerprint density at radius 1 is 1.38 bits per heavy atom. The average molecular weight is 316 g/mol. The molecule has 0 amide bonds. The number of aliphatic carboxylic acids is 1. The average Bonchev–Trinajstić information content (AvgIpc) is 2.37. The molecule has 5 heteroatoms. The largest absolute Gasteiger partial charge is 0.497 e. The smallest absolute Gasteiger partial charge is 0.320 e. The summed E-state index contributed by atoms with van der Waals surface area (Å²) in [5, 5.41) is 12.4. The molecule has 120 valence electrons. The van der Waals surface area contributed by atoms with Crippen LogP contribution in [0.1, 0.15) is 39.2 Å². The number of hydrogen-bond acceptors (Lipinski definition) is 3. The van der Waals surface area contributed by atoms with Crippen molar-refractivity contribution in [1.29, 1.82) is 0 Å². The summed E-state index contributed by atoms with van der Waals surface area (Å²) in [5.41, 5.74) is 1.16. The van der Waals surface area contributed by atoms with Gasteiger partial charge in [0.1, 0.15) is 11.8 Å². The Morgan fingerprint density at radius 2 is 2.05 bits per heavy atom. The van der Waals surface area contributed by atoms with Crippen LogP contribution in [0.25, 0.3) is 0 Å². The Kier molecular flexibility index (Phi) is 8.37. The highest BCUT2D eigenvalue weighted by atomic mass is 35.5. The Balaban J connectivity index is 0.00000400. The normalized spacial score (nSPS) is 12.4. The van der Waals surface area contributed by atoms with Gasteiger partial charge >= 0.3 is 5.97 Å². The molecule has 0 aromatic heterocycles. The second-order valence-corrected chi connectivity index (χ2v) is 6.22. The number of rotatable bonds is 7. The van der Waals surface area contributed by atoms with E-state index in [9.17, 15) is 9.90 Å². The van der Waals surface area contributed by atoms with E-state index in [1.807, 2.05) is 24.3 Å². The summed E-state index contributed by atoms with van der Waals surface area (Å²) in [5.74, 6) is -0.0111. The van der Waals surface area contributed by atoms with Gasteiger partial charge in [-0.2, -0.15) is 0 Å². The number of methoxy groups -OCH3 is 1. The molecule has 0 unspecified atom stereocenters. The number of hydrogen-bond donors (Lipinski definition) is 2. The van der Waals surface area contributed by atoms with Gasteiger partial charge in [-0.15, -0.1) is 12.4 Å². The highest BCUT2D eigenvalue weighted by Crippen LogP contribution is 2.22. The second kappa shape index (κ2) is 8.90. The van der Waals surface area contributed by atoms with Gasteiger partial charge in [0.2, 0.25) is 0 Å². The molecule has 0 saturated heterocycles. The first-order valence-electron chi connectivity index (χ1n) is 6.91. The highest BCUT2D eigenvalue weighted by molar-refractivity contribution is 5.85. The molecule has 0 fully saturated rings. The van der Waals surface area contributed by atoms with Gasteiger partial charge in [-0.1, -0.05) is 32.9 Å². The lowest BCUT2D eigenvalue weighted by atomic mass is 9.88. The third kappa shape index (κ3) is 7.93. The molecule has 1 rings (SSSR count). The quantitative estimate of drug-likeness (QED) is 0.808. The van der Waals surface area contributed by atoms with E-state index < -0.39 is 12.0 Å². The van der Waals surface area contributed by atoms with Gasteiger partial charge in [-0.05, 0) is 36.0 Å². The molecule has 0 bridgehead atoms. The fraction of sp³-hybridized carbons (Fsp3) is 0.562. The Hall–Kier alpha value is -1.26. The van der Waals surface area contributed by atoms with Crippen LogP contribution in [-0.4, -0.2) is 24.2 Å². The molecule has 4 nitrogen and oxygen atoms in total. The van der Waals surface area contributed by atoms with E-state index in [1.54, 1.807) is 7.11 Å². The van der Waals surface area contributed by atoms with Crippen LogP contribution < -0.4 is 10.1 Å². The monoisotopic (exact) mass is 315 g/mol. The van der Waals surface area contributed by atoms with Crippen molar-refractivity contribution in [3.63, 3.8) is 0 Å². The zero-order valence-electron chi connectivity index (χ0n) is 13.2. The summed E-state index contributed by atoms with van der Waals surface area (Å²) in [6.45, 7) is 6.88. The molecule has 0 heterocycles. The molecular weight excluding hydrogens is 290 g/mol. The van der Waals surface area contributed by atoms with Crippen LogP contribution in [0.5, 0.6) is 5.75 Å². The van der Waals surface area contributed by atoms with Crippen LogP contribution in [0, 0.1) is 5.41 Å². The molecule has 0 aliphatic heterocycles. The van der Waals surface area contributed by atoms with Crippen LogP contribution in [0.15, 0.2) is 24.3 Å². The highest BCUT2D eigenvalue weighted by Gasteiger charge is 2.20. The lowest BCUT2D eigenvalue weighted by molar-refractivity contribution is -0.139. The maximum atomic E-state index is 11.3. The van der Waals surface area contributed by atoms with E-state index in [0.29, 0.717) is 13.0 Å². The van der Waals surface area contributed by atoms with Crippen molar-refractivity contribution < 1.29 is 14.6 Å². The van der Waals surface area contributed by atoms with Crippen LogP contribution >= 0.6 is 12.4 Å². The number of halogens is 1. The van der Waals surface area contributed by atoms with Crippen LogP contribution in [0.2, 0.25) is 0 Å². The predicted octanol–water partition coefficient (Wildman–Crippen LogP) is 3.49. The Bertz CT molecular complexity index is 443. The Morgan fingerprint density at radius 3 is 2.57 bits per heavy atom. The summed E-state index contributed by atoms with van der Waals surface area (Å²) in [6, 6.07) is 7.13. The molecule has 21 heavy (non-hydrogen) atoms. The van der Waals surface area contributed by atoms with Crippen molar-refractivity contribution in [3.05, 3.63) is 29.8 Å². The maximum Gasteiger partial charge on any atom is 0.320 e. The van der Waals surface area contributed by atoms with Gasteiger partial charge in [-0.25, -0.2) is 0 Å². The number of ether oxygens (including phenoxy) is 1. The number of nitrogens with one attached hydrogen (secondary N) is 1. The second-order valence-electron chi connectivity index (χ2n) is 6.22. The van der Waals surface area contributed by atoms with E-state index in [-0.39, 0.29) is 17.8 Å². The topological polar surface area (TPSA) is 58.6 Å². The number of carboxylic acids is 1. The summed E-state index contributed by atoms with van der Waals surface area (Å²) in [6.07, 6.45) is 1.50. The zero-order chi connectivity index (χ0) is 15.2. The van der Waals surface area contributed by atoms with Gasteiger partial charge < -0.3 is 15.2 Å². The molecule has 2 N–H and O–H groups in total. The van der Waals surface area contributed by atoms with Crippen molar-refractivity contribution in [2.24, 2.45) is 5.41 Å². The van der Waals surface area contributed by atoms with Crippen LogP contribution in [0.3, 0.4) is 0 Å². The third-order valence-corrected chi connectivity index (χ3v) is 3.17. The minimum atomic E-state index is -0.794. The fourth-order valence-corrected chi connectivity index (χ4v) is 1.91. The van der Waals surface area contributed by atoms with Crippen molar-refractivity contribution >= 4 is 18.4 Å². The molecule has 0 saturated carbocycles. The summed E-state index contributed by atoms with van der Waals surface area (Å²) in [7, 11) is 1.62. The summed E-state index contributed by atoms with van der Waals surface area (Å²) in [4.78, 5) is 11.3. The standard InChI is InChI=1S/C16H25NO3.ClH/c1-16(2,3)9-8-14(15(18)19)17-11-12-6-5-7-13(10-12)20-4;/h5-7,10,14,17H,8-9,11H2,1-4H3,(H,18,19);1H/t14-;/m0./s1. The van der Waals surface area contributed by atoms with Gasteiger partial charge in [0.15, 0.2) is 0 Å². The fourth-order valence-electron chi connectivity index (χ4n) is 1.91. The molecular formula is C16H26ClNO3. The lowest BCUT2D eigenvalue weighted by Crippen LogP contribution is -2.37. The molecule has 1 aromatic rings. The maximum absolute atomic E-state index is 11.3. The van der Waals surface area contributed by atoms with Gasteiger partial charge in [0.25, 0.3) is 0 Å². The molecule has 1 atom stereocenters. The minimum absolute atomic E-state index is 0. The molecule has 0 aliphatic carbocycles. The van der Waals surface area contributed by atoms with Gasteiger partial charge in [-0.3, -0.25) is 4.79 Å². The van der Waals surface area contributed by atoms with Crippen LogP contribution in [0.4, 0.5) is 0 Å². The first-order valence-corrected chi connectivity index (χ1v) is 6.91. The minimum Gasteiger partial charge on any atom is -0.497 e. The van der Waals surface area contributed by atoms with E-state index in [0.717, 1.165) is 17.7 Å². The number of benzene rings is 1. The molecule has 0 radical (unpaired) electrons. The van der Waals surface area contributed by atoms with E-state index in [2.05, 4.69) is 26.1 Å². The van der Waals surface area contributed by atoms with Crippen molar-refractivity contribution in [2.45, 2.75) is 46.2 Å². The summed E-state index contributed by atoms with van der Waals surface area (Å²) >= 11 is 0. The first-order chi connectivity index (χ1) is 9.31. The Labute approximate surface area is 133 Å². The first kappa shape index (κ1) is 19.7. The predicted molar refractivity (Wildman–Crippen MR) is 87.2 cm³/mol. The molecule has 0 aliphatic rings. The van der Waals surface area contributed by atoms with Crippen molar-refractivity contribution in [3.8, 4) is 5.75 Å². The number of carboxylic acid groups (broad SMARTS) is 1. The van der Waals surface area contributed by atoms with E-state index in [4.69, 9.17) is 4.74 Å². The van der Waals surface area contributed by atoms with E-state index >= 15 is 0 Å². The SMILES string of the molecule is COc1cccc(CN[C@@H](CCC(C)(C)C)C(=O)O)c1.Cl. The van der Waals surface area contributed by atoms with E-state index in [1.165, 1.54) is 0 Å². The molecule has 0 spiro atoms. The zero-order valence-corrected chi connectivity index (χ0v) is 14.0. The van der Waals surface area contributed by atoms with Gasteiger partial charge in [0.05, 0.1) is 7.11 Å².